The minimum Gasteiger partial charge on any atom is -0.490 e. The SMILES string of the molecule is Cc1cc(O[C@H]2CC[C@H](C(C)(C)C)CC2)cc2ccc(CNCC(=O)O)cc12. The summed E-state index contributed by atoms with van der Waals surface area (Å²) in [4.78, 5) is 10.6. The zero-order valence-electron chi connectivity index (χ0n) is 17.5. The second-order valence-electron chi connectivity index (χ2n) is 9.25. The Morgan fingerprint density at radius 1 is 1.14 bits per heavy atom. The third kappa shape index (κ3) is 5.26. The molecule has 0 bridgehead atoms. The van der Waals surface area contributed by atoms with E-state index in [1.54, 1.807) is 0 Å². The highest BCUT2D eigenvalue weighted by atomic mass is 16.5. The van der Waals surface area contributed by atoms with Gasteiger partial charge in [0.25, 0.3) is 0 Å². The number of rotatable bonds is 6. The molecule has 1 saturated carbocycles. The Labute approximate surface area is 168 Å². The van der Waals surface area contributed by atoms with Crippen molar-refractivity contribution in [2.45, 2.75) is 66.0 Å². The van der Waals surface area contributed by atoms with Crippen molar-refractivity contribution in [3.05, 3.63) is 41.5 Å². The molecule has 0 aliphatic heterocycles. The Kier molecular flexibility index (Phi) is 6.29. The van der Waals surface area contributed by atoms with Gasteiger partial charge in [0.05, 0.1) is 12.6 Å². The number of aryl methyl sites for hydroxylation is 1. The maximum absolute atomic E-state index is 10.6. The average molecular weight is 384 g/mol. The van der Waals surface area contributed by atoms with Crippen LogP contribution in [0.25, 0.3) is 10.8 Å². The van der Waals surface area contributed by atoms with Gasteiger partial charge < -0.3 is 15.2 Å². The van der Waals surface area contributed by atoms with Crippen LogP contribution in [0.2, 0.25) is 0 Å². The van der Waals surface area contributed by atoms with Crippen LogP contribution in [0.4, 0.5) is 0 Å². The molecule has 0 radical (unpaired) electrons. The van der Waals surface area contributed by atoms with Crippen LogP contribution >= 0.6 is 0 Å². The number of carboxylic acids is 1. The smallest absolute Gasteiger partial charge is 0.317 e. The van der Waals surface area contributed by atoms with Crippen molar-refractivity contribution < 1.29 is 14.6 Å². The molecule has 0 atom stereocenters. The Morgan fingerprint density at radius 2 is 1.86 bits per heavy atom. The lowest BCUT2D eigenvalue weighted by molar-refractivity contribution is -0.135. The fraction of sp³-hybridized carbons (Fsp3) is 0.542. The predicted molar refractivity (Wildman–Crippen MR) is 114 cm³/mol. The monoisotopic (exact) mass is 383 g/mol. The van der Waals surface area contributed by atoms with Crippen molar-refractivity contribution in [3.63, 3.8) is 0 Å². The first-order valence-corrected chi connectivity index (χ1v) is 10.3. The molecule has 0 aromatic heterocycles. The van der Waals surface area contributed by atoms with Crippen LogP contribution in [-0.2, 0) is 11.3 Å². The number of benzene rings is 2. The molecule has 0 unspecified atom stereocenters. The number of carbonyl (C=O) groups is 1. The molecular formula is C24H33NO3. The van der Waals surface area contributed by atoms with E-state index in [-0.39, 0.29) is 6.54 Å². The van der Waals surface area contributed by atoms with Gasteiger partial charge in [-0.15, -0.1) is 0 Å². The predicted octanol–water partition coefficient (Wildman–Crippen LogP) is 5.31. The third-order valence-corrected chi connectivity index (χ3v) is 6.01. The van der Waals surface area contributed by atoms with Gasteiger partial charge in [0.2, 0.25) is 0 Å². The highest BCUT2D eigenvalue weighted by Crippen LogP contribution is 2.39. The molecule has 28 heavy (non-hydrogen) atoms. The van der Waals surface area contributed by atoms with E-state index in [0.29, 0.717) is 18.1 Å². The van der Waals surface area contributed by atoms with Crippen molar-refractivity contribution in [1.82, 2.24) is 5.32 Å². The molecule has 2 aromatic carbocycles. The number of fused-ring (bicyclic) bond motifs is 1. The Hall–Kier alpha value is -2.07. The summed E-state index contributed by atoms with van der Waals surface area (Å²) in [7, 11) is 0. The molecule has 1 fully saturated rings. The highest BCUT2D eigenvalue weighted by molar-refractivity contribution is 5.87. The van der Waals surface area contributed by atoms with Crippen LogP contribution in [0.3, 0.4) is 0 Å². The van der Waals surface area contributed by atoms with E-state index in [1.165, 1.54) is 29.2 Å². The van der Waals surface area contributed by atoms with E-state index in [1.807, 2.05) is 0 Å². The Balaban J connectivity index is 1.66. The Bertz CT molecular complexity index is 830. The molecule has 2 N–H and O–H groups in total. The molecule has 152 valence electrons. The lowest BCUT2D eigenvalue weighted by atomic mass is 9.72. The molecule has 4 nitrogen and oxygen atoms in total. The molecule has 3 rings (SSSR count). The van der Waals surface area contributed by atoms with Crippen molar-refractivity contribution in [3.8, 4) is 5.75 Å². The molecule has 2 aromatic rings. The van der Waals surface area contributed by atoms with Gasteiger partial charge in [0.15, 0.2) is 0 Å². The lowest BCUT2D eigenvalue weighted by Gasteiger charge is -2.37. The van der Waals surface area contributed by atoms with Gasteiger partial charge in [-0.2, -0.15) is 0 Å². The van der Waals surface area contributed by atoms with E-state index in [9.17, 15) is 4.79 Å². The first kappa shape index (κ1) is 20.7. The molecular weight excluding hydrogens is 350 g/mol. The quantitative estimate of drug-likeness (QED) is 0.710. The minimum atomic E-state index is -0.838. The maximum Gasteiger partial charge on any atom is 0.317 e. The van der Waals surface area contributed by atoms with Crippen LogP contribution in [0.15, 0.2) is 30.3 Å². The maximum atomic E-state index is 10.6. The van der Waals surface area contributed by atoms with Crippen molar-refractivity contribution in [2.24, 2.45) is 11.3 Å². The average Bonchev–Trinajstić information content (AvgIpc) is 2.61. The van der Waals surface area contributed by atoms with Crippen LogP contribution in [-0.4, -0.2) is 23.7 Å². The third-order valence-electron chi connectivity index (χ3n) is 6.01. The van der Waals surface area contributed by atoms with Crippen molar-refractivity contribution >= 4 is 16.7 Å². The normalized spacial score (nSPS) is 20.3. The highest BCUT2D eigenvalue weighted by Gasteiger charge is 2.30. The van der Waals surface area contributed by atoms with E-state index >= 15 is 0 Å². The van der Waals surface area contributed by atoms with Crippen LogP contribution in [0.5, 0.6) is 5.75 Å². The number of hydrogen-bond donors (Lipinski definition) is 2. The topological polar surface area (TPSA) is 58.6 Å². The number of hydrogen-bond acceptors (Lipinski definition) is 3. The number of nitrogens with one attached hydrogen (secondary N) is 1. The lowest BCUT2D eigenvalue weighted by Crippen LogP contribution is -2.30. The zero-order valence-corrected chi connectivity index (χ0v) is 17.5. The van der Waals surface area contributed by atoms with Gasteiger partial charge in [-0.25, -0.2) is 0 Å². The summed E-state index contributed by atoms with van der Waals surface area (Å²) in [5.41, 5.74) is 2.67. The zero-order chi connectivity index (χ0) is 20.3. The largest absolute Gasteiger partial charge is 0.490 e. The van der Waals surface area contributed by atoms with Gasteiger partial charge in [-0.1, -0.05) is 32.9 Å². The molecule has 0 heterocycles. The standard InChI is InChI=1S/C24H33NO3/c1-16-11-21(28-20-9-7-19(8-10-20)24(2,3)4)13-18-6-5-17(12-22(16)18)14-25-15-23(26)27/h5-6,11-13,19-20,25H,7-10,14-15H2,1-4H3,(H,26,27)/t19-,20-. The second kappa shape index (κ2) is 8.52. The molecule has 1 aliphatic rings. The van der Waals surface area contributed by atoms with E-state index in [4.69, 9.17) is 9.84 Å². The fourth-order valence-electron chi connectivity index (χ4n) is 4.29. The summed E-state index contributed by atoms with van der Waals surface area (Å²) in [6, 6.07) is 10.6. The van der Waals surface area contributed by atoms with E-state index in [0.717, 1.165) is 30.1 Å². The van der Waals surface area contributed by atoms with Crippen LogP contribution in [0, 0.1) is 18.3 Å². The fourth-order valence-corrected chi connectivity index (χ4v) is 4.29. The first-order valence-electron chi connectivity index (χ1n) is 10.3. The summed E-state index contributed by atoms with van der Waals surface area (Å²) >= 11 is 0. The van der Waals surface area contributed by atoms with Gasteiger partial charge >= 0.3 is 5.97 Å². The Morgan fingerprint density at radius 3 is 2.50 bits per heavy atom. The van der Waals surface area contributed by atoms with E-state index < -0.39 is 5.97 Å². The van der Waals surface area contributed by atoms with E-state index in [2.05, 4.69) is 63.3 Å². The summed E-state index contributed by atoms with van der Waals surface area (Å²) in [5, 5.41) is 14.1. The molecule has 0 amide bonds. The summed E-state index contributed by atoms with van der Waals surface area (Å²) in [6.07, 6.45) is 5.07. The van der Waals surface area contributed by atoms with Crippen LogP contribution in [0.1, 0.15) is 57.6 Å². The van der Waals surface area contributed by atoms with Gasteiger partial charge in [-0.3, -0.25) is 4.79 Å². The number of aliphatic carboxylic acids is 1. The summed E-state index contributed by atoms with van der Waals surface area (Å²) in [5.74, 6) is 0.912. The van der Waals surface area contributed by atoms with Crippen molar-refractivity contribution in [1.29, 1.82) is 0 Å². The number of carboxylic acid groups (broad SMARTS) is 1. The number of ether oxygens (including phenoxy) is 1. The van der Waals surface area contributed by atoms with Crippen LogP contribution < -0.4 is 10.1 Å². The van der Waals surface area contributed by atoms with Crippen molar-refractivity contribution in [2.75, 3.05) is 6.54 Å². The minimum absolute atomic E-state index is 0.0265. The van der Waals surface area contributed by atoms with Gasteiger partial charge in [0.1, 0.15) is 5.75 Å². The molecule has 1 aliphatic carbocycles. The molecule has 0 saturated heterocycles. The summed E-state index contributed by atoms with van der Waals surface area (Å²) < 4.78 is 6.35. The molecule has 4 heteroatoms. The summed E-state index contributed by atoms with van der Waals surface area (Å²) in [6.45, 7) is 9.67. The first-order chi connectivity index (χ1) is 13.2. The van der Waals surface area contributed by atoms with Gasteiger partial charge in [0, 0.05) is 6.54 Å². The second-order valence-corrected chi connectivity index (χ2v) is 9.25. The van der Waals surface area contributed by atoms with Gasteiger partial charge in [-0.05, 0) is 84.0 Å². The molecule has 0 spiro atoms.